The maximum absolute atomic E-state index is 12.4. The lowest BCUT2D eigenvalue weighted by molar-refractivity contribution is -0.114. The van der Waals surface area contributed by atoms with Crippen LogP contribution >= 0.6 is 0 Å². The van der Waals surface area contributed by atoms with Gasteiger partial charge in [-0.25, -0.2) is 4.52 Å². The maximum Gasteiger partial charge on any atom is 0.243 e. The van der Waals surface area contributed by atoms with E-state index in [1.165, 1.54) is 6.42 Å². The van der Waals surface area contributed by atoms with E-state index in [1.54, 1.807) is 16.9 Å². The standard InChI is InChI=1S/C24H25N7O/c32-24(16-27-18-6-10-25-11-7-18)29-19-8-12-31-23(13-19)20(15-28-31)22-5-1-4-21(30-22)17-3-2-9-26-14-17/h1,4-8,10-13,15,17,26H,2-3,9,14,16H2,(H,25,27)(H,29,32). The number of aromatic nitrogens is 4. The van der Waals surface area contributed by atoms with Gasteiger partial charge in [0, 0.05) is 53.7 Å². The molecule has 4 aromatic rings. The van der Waals surface area contributed by atoms with Crippen LogP contribution in [0.1, 0.15) is 24.5 Å². The predicted octanol–water partition coefficient (Wildman–Crippen LogP) is 3.31. The zero-order valence-electron chi connectivity index (χ0n) is 17.7. The number of nitrogens with zero attached hydrogens (tertiary/aromatic N) is 4. The quantitative estimate of drug-likeness (QED) is 0.437. The summed E-state index contributed by atoms with van der Waals surface area (Å²) < 4.78 is 1.80. The van der Waals surface area contributed by atoms with E-state index < -0.39 is 0 Å². The Morgan fingerprint density at radius 2 is 2.06 bits per heavy atom. The highest BCUT2D eigenvalue weighted by atomic mass is 16.1. The van der Waals surface area contributed by atoms with E-state index in [1.807, 2.05) is 42.7 Å². The molecule has 1 aliphatic rings. The normalized spacial score (nSPS) is 16.1. The molecule has 0 saturated carbocycles. The van der Waals surface area contributed by atoms with Gasteiger partial charge in [0.2, 0.25) is 5.91 Å². The van der Waals surface area contributed by atoms with Crippen molar-refractivity contribution in [1.29, 1.82) is 0 Å². The fourth-order valence-corrected chi connectivity index (χ4v) is 4.05. The largest absolute Gasteiger partial charge is 0.376 e. The smallest absolute Gasteiger partial charge is 0.243 e. The van der Waals surface area contributed by atoms with Crippen molar-refractivity contribution in [1.82, 2.24) is 24.9 Å². The number of hydrogen-bond donors (Lipinski definition) is 3. The molecular weight excluding hydrogens is 402 g/mol. The van der Waals surface area contributed by atoms with Crippen LogP contribution in [0.3, 0.4) is 0 Å². The summed E-state index contributed by atoms with van der Waals surface area (Å²) in [6.07, 6.45) is 9.37. The predicted molar refractivity (Wildman–Crippen MR) is 125 cm³/mol. The number of amides is 1. The average molecular weight is 428 g/mol. The number of carbonyl (C=O) groups is 1. The number of hydrogen-bond acceptors (Lipinski definition) is 6. The molecule has 0 aromatic carbocycles. The molecule has 1 aliphatic heterocycles. The Hall–Kier alpha value is -3.78. The summed E-state index contributed by atoms with van der Waals surface area (Å²) in [7, 11) is 0. The van der Waals surface area contributed by atoms with Gasteiger partial charge in [0.05, 0.1) is 24.0 Å². The molecule has 0 aliphatic carbocycles. The molecular formula is C24H25N7O. The van der Waals surface area contributed by atoms with Gasteiger partial charge in [-0.15, -0.1) is 0 Å². The molecule has 1 saturated heterocycles. The van der Waals surface area contributed by atoms with Gasteiger partial charge in [-0.1, -0.05) is 6.07 Å². The molecule has 162 valence electrons. The summed E-state index contributed by atoms with van der Waals surface area (Å²) in [4.78, 5) is 21.3. The van der Waals surface area contributed by atoms with E-state index in [4.69, 9.17) is 4.98 Å². The van der Waals surface area contributed by atoms with Gasteiger partial charge < -0.3 is 16.0 Å². The molecule has 0 spiro atoms. The number of pyridine rings is 3. The van der Waals surface area contributed by atoms with Gasteiger partial charge in [0.25, 0.3) is 0 Å². The summed E-state index contributed by atoms with van der Waals surface area (Å²) in [6.45, 7) is 2.21. The number of fused-ring (bicyclic) bond motifs is 1. The minimum absolute atomic E-state index is 0.128. The fourth-order valence-electron chi connectivity index (χ4n) is 4.05. The van der Waals surface area contributed by atoms with Crippen LogP contribution in [0, 0.1) is 0 Å². The van der Waals surface area contributed by atoms with Crippen LogP contribution in [0.4, 0.5) is 11.4 Å². The lowest BCUT2D eigenvalue weighted by Crippen LogP contribution is -2.28. The minimum atomic E-state index is -0.128. The van der Waals surface area contributed by atoms with Crippen LogP contribution in [0.15, 0.2) is 67.3 Å². The molecule has 0 radical (unpaired) electrons. The van der Waals surface area contributed by atoms with Gasteiger partial charge in [-0.05, 0) is 55.8 Å². The van der Waals surface area contributed by atoms with E-state index in [0.29, 0.717) is 11.6 Å². The van der Waals surface area contributed by atoms with E-state index in [0.717, 1.165) is 47.7 Å². The SMILES string of the molecule is O=C(CNc1ccncc1)Nc1ccn2ncc(-c3cccc(C4CCCNC4)n3)c2c1. The summed E-state index contributed by atoms with van der Waals surface area (Å²) in [6, 6.07) is 13.6. The summed E-state index contributed by atoms with van der Waals surface area (Å²) in [5.74, 6) is 0.311. The maximum atomic E-state index is 12.4. The third-order valence-corrected chi connectivity index (χ3v) is 5.70. The lowest BCUT2D eigenvalue weighted by Gasteiger charge is -2.22. The second-order valence-electron chi connectivity index (χ2n) is 7.93. The number of nitrogens with one attached hydrogen (secondary N) is 3. The number of anilines is 2. The first-order valence-electron chi connectivity index (χ1n) is 10.9. The molecule has 1 fully saturated rings. The molecule has 4 aromatic heterocycles. The van der Waals surface area contributed by atoms with Crippen LogP contribution in [-0.2, 0) is 4.79 Å². The van der Waals surface area contributed by atoms with Gasteiger partial charge in [-0.2, -0.15) is 5.10 Å². The summed E-state index contributed by atoms with van der Waals surface area (Å²) in [5.41, 5.74) is 5.42. The van der Waals surface area contributed by atoms with Crippen LogP contribution < -0.4 is 16.0 Å². The Balaban J connectivity index is 1.34. The molecule has 1 amide bonds. The monoisotopic (exact) mass is 427 g/mol. The molecule has 5 rings (SSSR count). The number of carbonyl (C=O) groups excluding carboxylic acids is 1. The Morgan fingerprint density at radius 1 is 1.16 bits per heavy atom. The second-order valence-corrected chi connectivity index (χ2v) is 7.93. The molecule has 1 unspecified atom stereocenters. The van der Waals surface area contributed by atoms with Crippen molar-refractivity contribution in [3.8, 4) is 11.3 Å². The molecule has 32 heavy (non-hydrogen) atoms. The van der Waals surface area contributed by atoms with Gasteiger partial charge in [0.15, 0.2) is 0 Å². The van der Waals surface area contributed by atoms with Crippen LogP contribution in [0.25, 0.3) is 16.8 Å². The fraction of sp³-hybridized carbons (Fsp3) is 0.250. The van der Waals surface area contributed by atoms with Crippen molar-refractivity contribution in [3.63, 3.8) is 0 Å². The zero-order valence-corrected chi connectivity index (χ0v) is 17.7. The minimum Gasteiger partial charge on any atom is -0.376 e. The molecule has 1 atom stereocenters. The van der Waals surface area contributed by atoms with Crippen LogP contribution in [0.5, 0.6) is 0 Å². The molecule has 8 heteroatoms. The van der Waals surface area contributed by atoms with Gasteiger partial charge in [0.1, 0.15) is 0 Å². The highest BCUT2D eigenvalue weighted by molar-refractivity contribution is 5.95. The van der Waals surface area contributed by atoms with E-state index in [2.05, 4.69) is 38.2 Å². The van der Waals surface area contributed by atoms with Gasteiger partial charge in [-0.3, -0.25) is 14.8 Å². The van der Waals surface area contributed by atoms with Crippen molar-refractivity contribution in [3.05, 3.63) is 72.9 Å². The van der Waals surface area contributed by atoms with Crippen molar-refractivity contribution >= 4 is 22.8 Å². The Bertz CT molecular complexity index is 1220. The van der Waals surface area contributed by atoms with Gasteiger partial charge >= 0.3 is 0 Å². The van der Waals surface area contributed by atoms with E-state index in [9.17, 15) is 4.79 Å². The third-order valence-electron chi connectivity index (χ3n) is 5.70. The third kappa shape index (κ3) is 4.45. The van der Waals surface area contributed by atoms with Crippen molar-refractivity contribution < 1.29 is 4.79 Å². The average Bonchev–Trinajstić information content (AvgIpc) is 3.27. The topological polar surface area (TPSA) is 96.2 Å². The first kappa shape index (κ1) is 20.1. The summed E-state index contributed by atoms with van der Waals surface area (Å²) in [5, 5.41) is 14.0. The second kappa shape index (κ2) is 9.15. The van der Waals surface area contributed by atoms with E-state index >= 15 is 0 Å². The number of rotatable bonds is 6. The van der Waals surface area contributed by atoms with Crippen molar-refractivity contribution in [2.75, 3.05) is 30.3 Å². The molecule has 3 N–H and O–H groups in total. The van der Waals surface area contributed by atoms with Crippen molar-refractivity contribution in [2.24, 2.45) is 0 Å². The molecule has 8 nitrogen and oxygen atoms in total. The van der Waals surface area contributed by atoms with Crippen LogP contribution in [0.2, 0.25) is 0 Å². The Morgan fingerprint density at radius 3 is 2.91 bits per heavy atom. The lowest BCUT2D eigenvalue weighted by atomic mass is 9.95. The highest BCUT2D eigenvalue weighted by Gasteiger charge is 2.18. The first-order chi connectivity index (χ1) is 15.8. The number of piperidine rings is 1. The summed E-state index contributed by atoms with van der Waals surface area (Å²) >= 11 is 0. The van der Waals surface area contributed by atoms with Crippen molar-refractivity contribution in [2.45, 2.75) is 18.8 Å². The zero-order chi connectivity index (χ0) is 21.8. The van der Waals surface area contributed by atoms with Crippen LogP contribution in [-0.4, -0.2) is 45.1 Å². The first-order valence-corrected chi connectivity index (χ1v) is 10.9. The molecule has 0 bridgehead atoms. The Labute approximate surface area is 186 Å². The molecule has 5 heterocycles. The van der Waals surface area contributed by atoms with E-state index in [-0.39, 0.29) is 12.5 Å². The highest BCUT2D eigenvalue weighted by Crippen LogP contribution is 2.28. The Kier molecular flexibility index (Phi) is 5.76.